The molecule has 1 amide bonds. The summed E-state index contributed by atoms with van der Waals surface area (Å²) in [4.78, 5) is 16.0. The Hall–Kier alpha value is -1.59. The second-order valence-electron chi connectivity index (χ2n) is 5.69. The number of ether oxygens (including phenoxy) is 1. The zero-order valence-electron chi connectivity index (χ0n) is 12.8. The summed E-state index contributed by atoms with van der Waals surface area (Å²) in [5.41, 5.74) is 1.12. The van der Waals surface area contributed by atoms with Crippen molar-refractivity contribution in [2.75, 3.05) is 11.9 Å². The molecule has 1 aliphatic rings. The van der Waals surface area contributed by atoms with Gasteiger partial charge in [-0.05, 0) is 42.5 Å². The molecule has 1 saturated carbocycles. The first-order valence-electron chi connectivity index (χ1n) is 7.84. The van der Waals surface area contributed by atoms with Crippen molar-refractivity contribution in [3.63, 3.8) is 0 Å². The second-order valence-corrected chi connectivity index (χ2v) is 7.02. The largest absolute Gasteiger partial charge is 0.483 e. The van der Waals surface area contributed by atoms with Gasteiger partial charge in [0.1, 0.15) is 5.75 Å². The average molecular weight is 351 g/mol. The Labute approximate surface area is 144 Å². The van der Waals surface area contributed by atoms with Gasteiger partial charge in [0.15, 0.2) is 11.7 Å². The molecule has 2 aromatic rings. The minimum Gasteiger partial charge on any atom is -0.483 e. The molecule has 23 heavy (non-hydrogen) atoms. The third-order valence-corrected chi connectivity index (χ3v) is 4.98. The van der Waals surface area contributed by atoms with Crippen LogP contribution in [0.2, 0.25) is 5.02 Å². The van der Waals surface area contributed by atoms with Gasteiger partial charge in [0.25, 0.3) is 5.91 Å². The van der Waals surface area contributed by atoms with Crippen LogP contribution < -0.4 is 10.1 Å². The summed E-state index contributed by atoms with van der Waals surface area (Å²) in [5.74, 6) is 1.03. The van der Waals surface area contributed by atoms with E-state index in [4.69, 9.17) is 16.3 Å². The molecule has 3 rings (SSSR count). The zero-order valence-corrected chi connectivity index (χ0v) is 14.3. The summed E-state index contributed by atoms with van der Waals surface area (Å²) in [5, 5.41) is 5.83. The molecule has 0 atom stereocenters. The van der Waals surface area contributed by atoms with Gasteiger partial charge in [-0.2, -0.15) is 0 Å². The van der Waals surface area contributed by atoms with Crippen LogP contribution in [-0.2, 0) is 4.79 Å². The van der Waals surface area contributed by atoms with E-state index >= 15 is 0 Å². The molecule has 1 fully saturated rings. The molecule has 1 N–H and O–H groups in total. The van der Waals surface area contributed by atoms with Gasteiger partial charge in [0.05, 0.1) is 0 Å². The molecule has 1 aromatic carbocycles. The van der Waals surface area contributed by atoms with E-state index in [1.165, 1.54) is 30.6 Å². The zero-order chi connectivity index (χ0) is 16.1. The van der Waals surface area contributed by atoms with Gasteiger partial charge in [0.2, 0.25) is 0 Å². The van der Waals surface area contributed by atoms with Crippen molar-refractivity contribution in [3.05, 3.63) is 40.4 Å². The maximum absolute atomic E-state index is 11.9. The number of anilines is 1. The van der Waals surface area contributed by atoms with Crippen molar-refractivity contribution in [2.24, 2.45) is 0 Å². The number of carbonyl (C=O) groups excluding carboxylic acids is 1. The first-order valence-corrected chi connectivity index (χ1v) is 9.10. The highest BCUT2D eigenvalue weighted by Gasteiger charge is 2.20. The SMILES string of the molecule is O=C(COc1ccc(Cl)cc1C1CCCCC1)Nc1nccs1. The number of nitrogens with one attached hydrogen (secondary N) is 1. The first-order chi connectivity index (χ1) is 11.2. The molecule has 0 radical (unpaired) electrons. The van der Waals surface area contributed by atoms with Gasteiger partial charge < -0.3 is 4.74 Å². The van der Waals surface area contributed by atoms with Crippen molar-refractivity contribution in [3.8, 4) is 5.75 Å². The Bertz CT molecular complexity index is 655. The number of rotatable bonds is 5. The van der Waals surface area contributed by atoms with E-state index in [1.807, 2.05) is 23.6 Å². The van der Waals surface area contributed by atoms with Crippen LogP contribution in [0.3, 0.4) is 0 Å². The Morgan fingerprint density at radius 1 is 1.35 bits per heavy atom. The highest BCUT2D eigenvalue weighted by molar-refractivity contribution is 7.13. The number of hydrogen-bond donors (Lipinski definition) is 1. The summed E-state index contributed by atoms with van der Waals surface area (Å²) >= 11 is 7.54. The van der Waals surface area contributed by atoms with Gasteiger partial charge in [-0.3, -0.25) is 10.1 Å². The number of hydrogen-bond acceptors (Lipinski definition) is 4. The molecule has 0 aliphatic heterocycles. The lowest BCUT2D eigenvalue weighted by molar-refractivity contribution is -0.118. The van der Waals surface area contributed by atoms with E-state index in [-0.39, 0.29) is 12.5 Å². The number of aromatic nitrogens is 1. The molecule has 0 saturated heterocycles. The summed E-state index contributed by atoms with van der Waals surface area (Å²) in [6, 6.07) is 5.65. The van der Waals surface area contributed by atoms with E-state index in [1.54, 1.807) is 6.20 Å². The predicted molar refractivity (Wildman–Crippen MR) is 93.5 cm³/mol. The number of amides is 1. The molecular weight excluding hydrogens is 332 g/mol. The lowest BCUT2D eigenvalue weighted by Crippen LogP contribution is -2.20. The van der Waals surface area contributed by atoms with Gasteiger partial charge in [-0.15, -0.1) is 11.3 Å². The number of benzene rings is 1. The number of carbonyl (C=O) groups is 1. The minimum atomic E-state index is -0.204. The fourth-order valence-electron chi connectivity index (χ4n) is 2.97. The molecule has 1 heterocycles. The Morgan fingerprint density at radius 3 is 2.91 bits per heavy atom. The first kappa shape index (κ1) is 16.3. The highest BCUT2D eigenvalue weighted by Crippen LogP contribution is 2.38. The fraction of sp³-hybridized carbons (Fsp3) is 0.412. The van der Waals surface area contributed by atoms with Gasteiger partial charge in [-0.1, -0.05) is 30.9 Å². The van der Waals surface area contributed by atoms with Crippen LogP contribution in [0.4, 0.5) is 5.13 Å². The van der Waals surface area contributed by atoms with Gasteiger partial charge in [0, 0.05) is 16.6 Å². The van der Waals surface area contributed by atoms with Gasteiger partial charge in [-0.25, -0.2) is 4.98 Å². The van der Waals surface area contributed by atoms with E-state index in [9.17, 15) is 4.79 Å². The number of nitrogens with zero attached hydrogens (tertiary/aromatic N) is 1. The summed E-state index contributed by atoms with van der Waals surface area (Å²) in [7, 11) is 0. The quantitative estimate of drug-likeness (QED) is 0.837. The third kappa shape index (κ3) is 4.45. The van der Waals surface area contributed by atoms with Crippen molar-refractivity contribution in [1.82, 2.24) is 4.98 Å². The third-order valence-electron chi connectivity index (χ3n) is 4.05. The Kier molecular flexibility index (Phi) is 5.51. The summed E-state index contributed by atoms with van der Waals surface area (Å²) in [6.07, 6.45) is 7.73. The maximum Gasteiger partial charge on any atom is 0.264 e. The average Bonchev–Trinajstić information content (AvgIpc) is 3.07. The molecule has 0 spiro atoms. The molecule has 0 unspecified atom stereocenters. The topological polar surface area (TPSA) is 51.2 Å². The Balaban J connectivity index is 1.65. The lowest BCUT2D eigenvalue weighted by atomic mass is 9.84. The van der Waals surface area contributed by atoms with E-state index in [0.29, 0.717) is 16.1 Å². The summed E-state index contributed by atoms with van der Waals surface area (Å²) < 4.78 is 5.76. The van der Waals surface area contributed by atoms with Crippen LogP contribution in [0.15, 0.2) is 29.8 Å². The molecule has 6 heteroatoms. The number of halogens is 1. The molecule has 1 aromatic heterocycles. The van der Waals surface area contributed by atoms with Crippen molar-refractivity contribution in [2.45, 2.75) is 38.0 Å². The van der Waals surface area contributed by atoms with E-state index in [2.05, 4.69) is 10.3 Å². The smallest absolute Gasteiger partial charge is 0.264 e. The van der Waals surface area contributed by atoms with Crippen LogP contribution >= 0.6 is 22.9 Å². The van der Waals surface area contributed by atoms with Crippen LogP contribution in [-0.4, -0.2) is 17.5 Å². The maximum atomic E-state index is 11.9. The standard InChI is InChI=1S/C17H19ClN2O2S/c18-13-6-7-15(14(10-13)12-4-2-1-3-5-12)22-11-16(21)20-17-19-8-9-23-17/h6-10,12H,1-5,11H2,(H,19,20,21). The summed E-state index contributed by atoms with van der Waals surface area (Å²) in [6.45, 7) is -0.0269. The lowest BCUT2D eigenvalue weighted by Gasteiger charge is -2.24. The van der Waals surface area contributed by atoms with Crippen molar-refractivity contribution < 1.29 is 9.53 Å². The van der Waals surface area contributed by atoms with Crippen molar-refractivity contribution in [1.29, 1.82) is 0 Å². The van der Waals surface area contributed by atoms with Crippen LogP contribution in [0.1, 0.15) is 43.6 Å². The molecule has 1 aliphatic carbocycles. The van der Waals surface area contributed by atoms with Crippen LogP contribution in [0.25, 0.3) is 0 Å². The van der Waals surface area contributed by atoms with Crippen LogP contribution in [0.5, 0.6) is 5.75 Å². The van der Waals surface area contributed by atoms with Gasteiger partial charge >= 0.3 is 0 Å². The molecular formula is C17H19ClN2O2S. The number of thiazole rings is 1. The predicted octanol–water partition coefficient (Wildman–Crippen LogP) is 4.86. The monoisotopic (exact) mass is 350 g/mol. The Morgan fingerprint density at radius 2 is 2.17 bits per heavy atom. The molecule has 4 nitrogen and oxygen atoms in total. The van der Waals surface area contributed by atoms with E-state index in [0.717, 1.165) is 24.2 Å². The normalized spacial score (nSPS) is 15.3. The van der Waals surface area contributed by atoms with Crippen LogP contribution in [0, 0.1) is 0 Å². The molecule has 0 bridgehead atoms. The highest BCUT2D eigenvalue weighted by atomic mass is 35.5. The minimum absolute atomic E-state index is 0.0269. The molecule has 122 valence electrons. The second kappa shape index (κ2) is 7.79. The van der Waals surface area contributed by atoms with Crippen molar-refractivity contribution >= 4 is 34.0 Å². The fourth-order valence-corrected chi connectivity index (χ4v) is 3.69. The van der Waals surface area contributed by atoms with E-state index < -0.39 is 0 Å².